The van der Waals surface area contributed by atoms with Crippen LogP contribution in [0.3, 0.4) is 0 Å². The van der Waals surface area contributed by atoms with Gasteiger partial charge in [-0.05, 0) is 49.9 Å². The molecular formula is C19H33NO. The van der Waals surface area contributed by atoms with Crippen molar-refractivity contribution >= 4 is 0 Å². The van der Waals surface area contributed by atoms with Crippen LogP contribution in [0.25, 0.3) is 0 Å². The molecule has 0 amide bonds. The van der Waals surface area contributed by atoms with E-state index in [9.17, 15) is 0 Å². The van der Waals surface area contributed by atoms with Crippen molar-refractivity contribution in [1.29, 1.82) is 0 Å². The van der Waals surface area contributed by atoms with E-state index in [0.29, 0.717) is 6.04 Å². The van der Waals surface area contributed by atoms with Gasteiger partial charge in [-0.15, -0.1) is 0 Å². The smallest absolute Gasteiger partial charge is 0.0661 e. The number of unbranched alkanes of at least 4 members (excludes halogenated alkanes) is 3. The second-order valence-corrected chi connectivity index (χ2v) is 5.99. The van der Waals surface area contributed by atoms with E-state index in [2.05, 4.69) is 51.2 Å². The van der Waals surface area contributed by atoms with Crippen LogP contribution in [0.2, 0.25) is 0 Å². The zero-order valence-corrected chi connectivity index (χ0v) is 14.4. The third kappa shape index (κ3) is 7.10. The van der Waals surface area contributed by atoms with E-state index in [1.165, 1.54) is 42.4 Å². The Balaban J connectivity index is 2.48. The van der Waals surface area contributed by atoms with Crippen molar-refractivity contribution in [2.75, 3.05) is 19.8 Å². The highest BCUT2D eigenvalue weighted by Gasteiger charge is 2.11. The number of rotatable bonds is 11. The molecule has 0 fully saturated rings. The normalized spacial score (nSPS) is 12.6. The SMILES string of the molecule is CCCCCCOCC(NCCC)c1ccc(C)c(C)c1. The Morgan fingerprint density at radius 3 is 2.48 bits per heavy atom. The fourth-order valence-corrected chi connectivity index (χ4v) is 2.41. The first kappa shape index (κ1) is 18.2. The van der Waals surface area contributed by atoms with Gasteiger partial charge in [0.1, 0.15) is 0 Å². The summed E-state index contributed by atoms with van der Waals surface area (Å²) in [6.45, 7) is 11.5. The first-order valence-corrected chi connectivity index (χ1v) is 8.57. The molecule has 1 unspecified atom stereocenters. The molecule has 0 heterocycles. The third-order valence-corrected chi connectivity index (χ3v) is 4.00. The summed E-state index contributed by atoms with van der Waals surface area (Å²) in [4.78, 5) is 0. The fraction of sp³-hybridized carbons (Fsp3) is 0.684. The van der Waals surface area contributed by atoms with Crippen LogP contribution in [0.4, 0.5) is 0 Å². The van der Waals surface area contributed by atoms with E-state index in [-0.39, 0.29) is 0 Å². The predicted molar refractivity (Wildman–Crippen MR) is 91.9 cm³/mol. The van der Waals surface area contributed by atoms with E-state index in [1.807, 2.05) is 0 Å². The number of benzene rings is 1. The summed E-state index contributed by atoms with van der Waals surface area (Å²) in [6.07, 6.45) is 6.22. The highest BCUT2D eigenvalue weighted by molar-refractivity contribution is 5.31. The minimum atomic E-state index is 0.315. The Hall–Kier alpha value is -0.860. The first-order valence-electron chi connectivity index (χ1n) is 8.57. The molecule has 0 aliphatic carbocycles. The lowest BCUT2D eigenvalue weighted by Gasteiger charge is -2.20. The summed E-state index contributed by atoms with van der Waals surface area (Å²) in [5.74, 6) is 0. The molecule has 0 saturated carbocycles. The molecule has 0 aliphatic heterocycles. The Morgan fingerprint density at radius 2 is 1.81 bits per heavy atom. The number of hydrogen-bond acceptors (Lipinski definition) is 2. The summed E-state index contributed by atoms with van der Waals surface area (Å²) >= 11 is 0. The molecule has 0 saturated heterocycles. The second kappa shape index (κ2) is 10.8. The Bertz CT molecular complexity index is 389. The van der Waals surface area contributed by atoms with Crippen molar-refractivity contribution in [3.05, 3.63) is 34.9 Å². The maximum absolute atomic E-state index is 5.90. The van der Waals surface area contributed by atoms with Crippen LogP contribution >= 0.6 is 0 Å². The quantitative estimate of drug-likeness (QED) is 0.583. The Morgan fingerprint density at radius 1 is 1.00 bits per heavy atom. The molecule has 0 radical (unpaired) electrons. The molecule has 120 valence electrons. The van der Waals surface area contributed by atoms with Gasteiger partial charge < -0.3 is 10.1 Å². The van der Waals surface area contributed by atoms with Crippen LogP contribution in [-0.4, -0.2) is 19.8 Å². The molecule has 1 aromatic carbocycles. The van der Waals surface area contributed by atoms with E-state index >= 15 is 0 Å². The lowest BCUT2D eigenvalue weighted by atomic mass is 10.0. The predicted octanol–water partition coefficient (Wildman–Crippen LogP) is 4.94. The monoisotopic (exact) mass is 291 g/mol. The summed E-state index contributed by atoms with van der Waals surface area (Å²) < 4.78 is 5.90. The number of hydrogen-bond donors (Lipinski definition) is 1. The van der Waals surface area contributed by atoms with Crippen LogP contribution in [0, 0.1) is 13.8 Å². The number of ether oxygens (including phenoxy) is 1. The lowest BCUT2D eigenvalue weighted by molar-refractivity contribution is 0.108. The zero-order chi connectivity index (χ0) is 15.5. The van der Waals surface area contributed by atoms with Crippen molar-refractivity contribution in [3.8, 4) is 0 Å². The molecular weight excluding hydrogens is 258 g/mol. The van der Waals surface area contributed by atoms with Gasteiger partial charge in [-0.25, -0.2) is 0 Å². The molecule has 0 spiro atoms. The van der Waals surface area contributed by atoms with Gasteiger partial charge in [0, 0.05) is 6.61 Å². The topological polar surface area (TPSA) is 21.3 Å². The molecule has 1 rings (SSSR count). The standard InChI is InChI=1S/C19H33NO/c1-5-7-8-9-13-21-15-19(20-12-6-2)18-11-10-16(3)17(4)14-18/h10-11,14,19-20H,5-9,12-13,15H2,1-4H3. The van der Waals surface area contributed by atoms with Gasteiger partial charge in [-0.2, -0.15) is 0 Å². The minimum Gasteiger partial charge on any atom is -0.379 e. The summed E-state index contributed by atoms with van der Waals surface area (Å²) in [7, 11) is 0. The fourth-order valence-electron chi connectivity index (χ4n) is 2.41. The van der Waals surface area contributed by atoms with Gasteiger partial charge in [0.15, 0.2) is 0 Å². The van der Waals surface area contributed by atoms with Gasteiger partial charge in [0.2, 0.25) is 0 Å². The third-order valence-electron chi connectivity index (χ3n) is 4.00. The largest absolute Gasteiger partial charge is 0.379 e. The minimum absolute atomic E-state index is 0.315. The molecule has 1 N–H and O–H groups in total. The number of aryl methyl sites for hydroxylation is 2. The van der Waals surface area contributed by atoms with Gasteiger partial charge >= 0.3 is 0 Å². The Labute approximate surface area is 131 Å². The average molecular weight is 291 g/mol. The zero-order valence-electron chi connectivity index (χ0n) is 14.4. The molecule has 0 aliphatic rings. The van der Waals surface area contributed by atoms with Gasteiger partial charge in [0.05, 0.1) is 12.6 Å². The van der Waals surface area contributed by atoms with E-state index in [0.717, 1.165) is 26.2 Å². The van der Waals surface area contributed by atoms with Crippen molar-refractivity contribution in [3.63, 3.8) is 0 Å². The summed E-state index contributed by atoms with van der Waals surface area (Å²) in [5, 5.41) is 3.61. The Kier molecular flexibility index (Phi) is 9.36. The van der Waals surface area contributed by atoms with Crippen molar-refractivity contribution in [2.24, 2.45) is 0 Å². The van der Waals surface area contributed by atoms with Crippen LogP contribution in [0.1, 0.15) is 68.7 Å². The lowest BCUT2D eigenvalue weighted by Crippen LogP contribution is -2.26. The van der Waals surface area contributed by atoms with Crippen LogP contribution in [-0.2, 0) is 4.74 Å². The van der Waals surface area contributed by atoms with Crippen molar-refractivity contribution in [2.45, 2.75) is 65.8 Å². The molecule has 2 heteroatoms. The average Bonchev–Trinajstić information content (AvgIpc) is 2.49. The maximum atomic E-state index is 5.90. The van der Waals surface area contributed by atoms with Gasteiger partial charge in [0.25, 0.3) is 0 Å². The van der Waals surface area contributed by atoms with E-state index in [1.54, 1.807) is 0 Å². The van der Waals surface area contributed by atoms with Crippen LogP contribution < -0.4 is 5.32 Å². The molecule has 21 heavy (non-hydrogen) atoms. The molecule has 0 aromatic heterocycles. The van der Waals surface area contributed by atoms with E-state index < -0.39 is 0 Å². The maximum Gasteiger partial charge on any atom is 0.0661 e. The number of nitrogens with one attached hydrogen (secondary N) is 1. The molecule has 1 aromatic rings. The van der Waals surface area contributed by atoms with Crippen molar-refractivity contribution < 1.29 is 4.74 Å². The molecule has 2 nitrogen and oxygen atoms in total. The van der Waals surface area contributed by atoms with Crippen LogP contribution in [0.5, 0.6) is 0 Å². The van der Waals surface area contributed by atoms with Crippen molar-refractivity contribution in [1.82, 2.24) is 5.32 Å². The summed E-state index contributed by atoms with van der Waals surface area (Å²) in [5.41, 5.74) is 4.06. The second-order valence-electron chi connectivity index (χ2n) is 5.99. The first-order chi connectivity index (χ1) is 10.2. The van der Waals surface area contributed by atoms with Gasteiger partial charge in [-0.3, -0.25) is 0 Å². The highest BCUT2D eigenvalue weighted by Crippen LogP contribution is 2.18. The molecule has 1 atom stereocenters. The van der Waals surface area contributed by atoms with E-state index in [4.69, 9.17) is 4.74 Å². The highest BCUT2D eigenvalue weighted by atomic mass is 16.5. The summed E-state index contributed by atoms with van der Waals surface area (Å²) in [6, 6.07) is 7.06. The molecule has 0 bridgehead atoms. The van der Waals surface area contributed by atoms with Gasteiger partial charge in [-0.1, -0.05) is 51.3 Å². The van der Waals surface area contributed by atoms with Crippen LogP contribution in [0.15, 0.2) is 18.2 Å².